The van der Waals surface area contributed by atoms with Gasteiger partial charge in [-0.2, -0.15) is 10.1 Å². The molecule has 3 rings (SSSR count). The SMILES string of the molecule is CN(Cc1cnn(C)c1)c1nc2ccc(N)cc2o1. The van der Waals surface area contributed by atoms with E-state index in [0.29, 0.717) is 23.8 Å². The minimum atomic E-state index is 0.574. The minimum absolute atomic E-state index is 0.574. The summed E-state index contributed by atoms with van der Waals surface area (Å²) in [6.07, 6.45) is 3.80. The molecular weight excluding hydrogens is 242 g/mol. The number of hydrogen-bond donors (Lipinski definition) is 1. The number of rotatable bonds is 3. The lowest BCUT2D eigenvalue weighted by atomic mass is 10.3. The summed E-state index contributed by atoms with van der Waals surface area (Å²) in [5.41, 5.74) is 9.01. The number of nitrogens with two attached hydrogens (primary N) is 1. The zero-order valence-electron chi connectivity index (χ0n) is 10.9. The third-order valence-corrected chi connectivity index (χ3v) is 2.91. The standard InChI is InChI=1S/C13H15N5O/c1-17(7-9-6-15-18(2)8-9)13-16-11-4-3-10(14)5-12(11)19-13/h3-6,8H,7,14H2,1-2H3. The smallest absolute Gasteiger partial charge is 0.298 e. The molecule has 3 aromatic rings. The molecule has 0 aliphatic carbocycles. The predicted octanol–water partition coefficient (Wildman–Crippen LogP) is 1.78. The van der Waals surface area contributed by atoms with Crippen molar-refractivity contribution in [3.8, 4) is 0 Å². The van der Waals surface area contributed by atoms with E-state index < -0.39 is 0 Å². The molecule has 0 saturated carbocycles. The highest BCUT2D eigenvalue weighted by Crippen LogP contribution is 2.23. The van der Waals surface area contributed by atoms with Gasteiger partial charge in [-0.1, -0.05) is 0 Å². The van der Waals surface area contributed by atoms with E-state index in [1.807, 2.05) is 43.5 Å². The molecular formula is C13H15N5O. The lowest BCUT2D eigenvalue weighted by Gasteiger charge is -2.12. The van der Waals surface area contributed by atoms with Gasteiger partial charge in [0, 0.05) is 37.6 Å². The molecule has 0 unspecified atom stereocenters. The molecule has 0 radical (unpaired) electrons. The second-order valence-electron chi connectivity index (χ2n) is 4.60. The van der Waals surface area contributed by atoms with Crippen LogP contribution in [0.5, 0.6) is 0 Å². The Bertz CT molecular complexity index is 715. The highest BCUT2D eigenvalue weighted by Gasteiger charge is 2.11. The van der Waals surface area contributed by atoms with Gasteiger partial charge in [-0.15, -0.1) is 0 Å². The van der Waals surface area contributed by atoms with Crippen molar-refractivity contribution in [2.45, 2.75) is 6.54 Å². The summed E-state index contributed by atoms with van der Waals surface area (Å²) in [5, 5.41) is 4.14. The number of aromatic nitrogens is 3. The Morgan fingerprint density at radius 2 is 2.26 bits per heavy atom. The van der Waals surface area contributed by atoms with Crippen LogP contribution in [0.3, 0.4) is 0 Å². The lowest BCUT2D eigenvalue weighted by molar-refractivity contribution is 0.582. The molecule has 2 aromatic heterocycles. The summed E-state index contributed by atoms with van der Waals surface area (Å²) >= 11 is 0. The van der Waals surface area contributed by atoms with Crippen LogP contribution >= 0.6 is 0 Å². The zero-order chi connectivity index (χ0) is 13.4. The molecule has 0 saturated heterocycles. The van der Waals surface area contributed by atoms with Crippen molar-refractivity contribution in [3.05, 3.63) is 36.2 Å². The number of nitrogen functional groups attached to an aromatic ring is 1. The molecule has 19 heavy (non-hydrogen) atoms. The molecule has 2 N–H and O–H groups in total. The van der Waals surface area contributed by atoms with Crippen LogP contribution in [0, 0.1) is 0 Å². The van der Waals surface area contributed by atoms with Crippen molar-refractivity contribution in [1.82, 2.24) is 14.8 Å². The molecule has 0 amide bonds. The average Bonchev–Trinajstić information content (AvgIpc) is 2.95. The first-order valence-electron chi connectivity index (χ1n) is 5.96. The van der Waals surface area contributed by atoms with E-state index in [9.17, 15) is 0 Å². The van der Waals surface area contributed by atoms with Crippen LogP contribution in [0.2, 0.25) is 0 Å². The molecule has 0 bridgehead atoms. The highest BCUT2D eigenvalue weighted by atomic mass is 16.4. The topological polar surface area (TPSA) is 73.1 Å². The van der Waals surface area contributed by atoms with Gasteiger partial charge in [0.25, 0.3) is 6.01 Å². The molecule has 0 aliphatic heterocycles. The molecule has 2 heterocycles. The van der Waals surface area contributed by atoms with Crippen molar-refractivity contribution < 1.29 is 4.42 Å². The first-order valence-corrected chi connectivity index (χ1v) is 5.96. The third-order valence-electron chi connectivity index (χ3n) is 2.91. The van der Waals surface area contributed by atoms with E-state index in [-0.39, 0.29) is 0 Å². The van der Waals surface area contributed by atoms with E-state index >= 15 is 0 Å². The summed E-state index contributed by atoms with van der Waals surface area (Å²) in [5.74, 6) is 0. The summed E-state index contributed by atoms with van der Waals surface area (Å²) in [4.78, 5) is 6.37. The number of anilines is 2. The number of fused-ring (bicyclic) bond motifs is 1. The number of benzene rings is 1. The molecule has 98 valence electrons. The van der Waals surface area contributed by atoms with E-state index in [1.54, 1.807) is 10.7 Å². The molecule has 0 spiro atoms. The Hall–Kier alpha value is -2.50. The van der Waals surface area contributed by atoms with Gasteiger partial charge >= 0.3 is 0 Å². The Balaban J connectivity index is 1.86. The fraction of sp³-hybridized carbons (Fsp3) is 0.231. The van der Waals surface area contributed by atoms with Gasteiger partial charge < -0.3 is 15.1 Å². The molecule has 0 atom stereocenters. The second-order valence-corrected chi connectivity index (χ2v) is 4.60. The van der Waals surface area contributed by atoms with Gasteiger partial charge in [0.2, 0.25) is 0 Å². The van der Waals surface area contributed by atoms with E-state index in [0.717, 1.165) is 11.1 Å². The maximum absolute atomic E-state index is 5.72. The third kappa shape index (κ3) is 2.24. The monoisotopic (exact) mass is 257 g/mol. The second kappa shape index (κ2) is 4.31. The van der Waals surface area contributed by atoms with Gasteiger partial charge in [0.15, 0.2) is 5.58 Å². The van der Waals surface area contributed by atoms with Gasteiger partial charge in [0.05, 0.1) is 12.7 Å². The molecule has 1 aromatic carbocycles. The van der Waals surface area contributed by atoms with Gasteiger partial charge in [0.1, 0.15) is 5.52 Å². The Morgan fingerprint density at radius 1 is 1.42 bits per heavy atom. The average molecular weight is 257 g/mol. The highest BCUT2D eigenvalue weighted by molar-refractivity contribution is 5.78. The zero-order valence-corrected chi connectivity index (χ0v) is 10.9. The largest absolute Gasteiger partial charge is 0.423 e. The number of hydrogen-bond acceptors (Lipinski definition) is 5. The maximum Gasteiger partial charge on any atom is 0.298 e. The van der Waals surface area contributed by atoms with Crippen molar-refractivity contribution in [2.75, 3.05) is 17.7 Å². The van der Waals surface area contributed by atoms with Crippen LogP contribution < -0.4 is 10.6 Å². The van der Waals surface area contributed by atoms with E-state index in [2.05, 4.69) is 10.1 Å². The number of nitrogens with zero attached hydrogens (tertiary/aromatic N) is 4. The Morgan fingerprint density at radius 3 is 3.00 bits per heavy atom. The molecule has 0 fully saturated rings. The fourth-order valence-electron chi connectivity index (χ4n) is 1.99. The van der Waals surface area contributed by atoms with Gasteiger partial charge in [-0.25, -0.2) is 0 Å². The van der Waals surface area contributed by atoms with Crippen molar-refractivity contribution in [3.63, 3.8) is 0 Å². The van der Waals surface area contributed by atoms with Crippen LogP contribution in [0.25, 0.3) is 11.1 Å². The lowest BCUT2D eigenvalue weighted by Crippen LogP contribution is -2.16. The maximum atomic E-state index is 5.72. The summed E-state index contributed by atoms with van der Waals surface area (Å²) in [7, 11) is 3.83. The molecule has 6 nitrogen and oxygen atoms in total. The Labute approximate surface area is 110 Å². The van der Waals surface area contributed by atoms with Crippen LogP contribution in [-0.2, 0) is 13.6 Å². The minimum Gasteiger partial charge on any atom is -0.423 e. The summed E-state index contributed by atoms with van der Waals surface area (Å²) < 4.78 is 7.47. The van der Waals surface area contributed by atoms with Crippen LogP contribution in [0.15, 0.2) is 35.0 Å². The van der Waals surface area contributed by atoms with Crippen molar-refractivity contribution in [2.24, 2.45) is 7.05 Å². The fourth-order valence-corrected chi connectivity index (χ4v) is 1.99. The summed E-state index contributed by atoms with van der Waals surface area (Å²) in [6, 6.07) is 6.03. The predicted molar refractivity (Wildman–Crippen MR) is 73.7 cm³/mol. The van der Waals surface area contributed by atoms with Crippen LogP contribution in [-0.4, -0.2) is 21.8 Å². The Kier molecular flexibility index (Phi) is 2.63. The first kappa shape index (κ1) is 11.6. The molecule has 6 heteroatoms. The molecule has 0 aliphatic rings. The van der Waals surface area contributed by atoms with Crippen LogP contribution in [0.1, 0.15) is 5.56 Å². The van der Waals surface area contributed by atoms with Gasteiger partial charge in [-0.05, 0) is 12.1 Å². The van der Waals surface area contributed by atoms with Gasteiger partial charge in [-0.3, -0.25) is 4.68 Å². The van der Waals surface area contributed by atoms with Crippen LogP contribution in [0.4, 0.5) is 11.7 Å². The quantitative estimate of drug-likeness (QED) is 0.724. The first-order chi connectivity index (χ1) is 9.11. The number of aryl methyl sites for hydroxylation is 1. The van der Waals surface area contributed by atoms with E-state index in [4.69, 9.17) is 10.2 Å². The normalized spacial score (nSPS) is 11.1. The summed E-state index contributed by atoms with van der Waals surface area (Å²) in [6.45, 7) is 0.691. The van der Waals surface area contributed by atoms with Crippen molar-refractivity contribution in [1.29, 1.82) is 0 Å². The van der Waals surface area contributed by atoms with E-state index in [1.165, 1.54) is 0 Å². The van der Waals surface area contributed by atoms with Crippen molar-refractivity contribution >= 4 is 22.8 Å². The number of oxazole rings is 1.